The van der Waals surface area contributed by atoms with Gasteiger partial charge in [-0.3, -0.25) is 0 Å². The van der Waals surface area contributed by atoms with Gasteiger partial charge in [-0.25, -0.2) is 4.79 Å². The van der Waals surface area contributed by atoms with E-state index < -0.39 is 5.97 Å². The van der Waals surface area contributed by atoms with Crippen molar-refractivity contribution in [3.8, 4) is 11.5 Å². The minimum absolute atomic E-state index is 0.120. The van der Waals surface area contributed by atoms with Crippen LogP contribution in [0.1, 0.15) is 15.9 Å². The molecule has 100 valence electrons. The number of halogens is 1. The fraction of sp³-hybridized carbons (Fsp3) is 0.154. The van der Waals surface area contributed by atoms with Crippen molar-refractivity contribution in [3.05, 3.63) is 44.6 Å². The van der Waals surface area contributed by atoms with E-state index in [1.807, 2.05) is 11.4 Å². The summed E-state index contributed by atoms with van der Waals surface area (Å²) in [5.41, 5.74) is 1.10. The molecule has 2 aromatic rings. The number of methoxy groups -OCH3 is 1. The topological polar surface area (TPSA) is 55.8 Å². The highest BCUT2D eigenvalue weighted by molar-refractivity contribution is 9.11. The van der Waals surface area contributed by atoms with Crippen molar-refractivity contribution in [1.29, 1.82) is 0 Å². The van der Waals surface area contributed by atoms with E-state index in [0.717, 1.165) is 9.35 Å². The van der Waals surface area contributed by atoms with Gasteiger partial charge in [0.1, 0.15) is 23.7 Å². The van der Waals surface area contributed by atoms with E-state index in [1.165, 1.54) is 13.2 Å². The minimum Gasteiger partial charge on any atom is -0.497 e. The van der Waals surface area contributed by atoms with Crippen LogP contribution >= 0.6 is 27.3 Å². The zero-order valence-corrected chi connectivity index (χ0v) is 12.5. The van der Waals surface area contributed by atoms with Gasteiger partial charge in [0.2, 0.25) is 0 Å². The zero-order chi connectivity index (χ0) is 13.8. The maximum atomic E-state index is 11.1. The SMILES string of the molecule is COc1ccc(C(=O)O)c(OCc2csc(Br)c2)c1. The summed E-state index contributed by atoms with van der Waals surface area (Å²) in [6.07, 6.45) is 0. The Bertz CT molecular complexity index is 594. The molecule has 0 radical (unpaired) electrons. The molecule has 0 aliphatic carbocycles. The first-order valence-corrected chi connectivity index (χ1v) is 7.04. The van der Waals surface area contributed by atoms with Gasteiger partial charge < -0.3 is 14.6 Å². The standard InChI is InChI=1S/C13H11BrO4S/c1-17-9-2-3-10(13(15)16)11(5-9)18-6-8-4-12(14)19-7-8/h2-5,7H,6H2,1H3,(H,15,16). The maximum absolute atomic E-state index is 11.1. The van der Waals surface area contributed by atoms with Crippen molar-refractivity contribution in [3.63, 3.8) is 0 Å². The van der Waals surface area contributed by atoms with Crippen LogP contribution in [0.3, 0.4) is 0 Å². The quantitative estimate of drug-likeness (QED) is 0.897. The lowest BCUT2D eigenvalue weighted by molar-refractivity contribution is 0.0691. The van der Waals surface area contributed by atoms with Gasteiger partial charge in [-0.1, -0.05) is 0 Å². The largest absolute Gasteiger partial charge is 0.497 e. The molecular formula is C13H11BrO4S. The fourth-order valence-electron chi connectivity index (χ4n) is 1.51. The van der Waals surface area contributed by atoms with Crippen LogP contribution in [0.5, 0.6) is 11.5 Å². The Morgan fingerprint density at radius 3 is 2.79 bits per heavy atom. The van der Waals surface area contributed by atoms with Crippen molar-refractivity contribution < 1.29 is 19.4 Å². The second-order valence-corrected chi connectivity index (χ2v) is 6.01. The minimum atomic E-state index is -1.02. The summed E-state index contributed by atoms with van der Waals surface area (Å²) in [5.74, 6) is -0.162. The number of rotatable bonds is 5. The molecule has 1 N–H and O–H groups in total. The summed E-state index contributed by atoms with van der Waals surface area (Å²) in [6.45, 7) is 0.315. The van der Waals surface area contributed by atoms with Gasteiger partial charge >= 0.3 is 5.97 Å². The molecule has 0 aliphatic heterocycles. The summed E-state index contributed by atoms with van der Waals surface area (Å²) in [6, 6.07) is 6.58. The summed E-state index contributed by atoms with van der Waals surface area (Å²) < 4.78 is 11.6. The third kappa shape index (κ3) is 3.48. The molecule has 0 atom stereocenters. The molecular weight excluding hydrogens is 332 g/mol. The number of thiophene rings is 1. The van der Waals surface area contributed by atoms with Crippen LogP contribution in [0.25, 0.3) is 0 Å². The molecule has 4 nitrogen and oxygen atoms in total. The molecule has 0 amide bonds. The van der Waals surface area contributed by atoms with Crippen LogP contribution in [-0.2, 0) is 6.61 Å². The fourth-order valence-corrected chi connectivity index (χ4v) is 2.70. The Morgan fingerprint density at radius 2 is 2.21 bits per heavy atom. The van der Waals surface area contributed by atoms with Gasteiger partial charge in [-0.15, -0.1) is 11.3 Å². The van der Waals surface area contributed by atoms with Gasteiger partial charge in [0, 0.05) is 11.6 Å². The van der Waals surface area contributed by atoms with Crippen LogP contribution in [0.4, 0.5) is 0 Å². The molecule has 0 aliphatic rings. The Morgan fingerprint density at radius 1 is 1.42 bits per heavy atom. The van der Waals surface area contributed by atoms with Gasteiger partial charge in [0.05, 0.1) is 10.9 Å². The number of benzene rings is 1. The Kier molecular flexibility index (Phi) is 4.44. The highest BCUT2D eigenvalue weighted by Gasteiger charge is 2.13. The van der Waals surface area contributed by atoms with Crippen molar-refractivity contribution in [2.45, 2.75) is 6.61 Å². The molecule has 2 rings (SSSR count). The average molecular weight is 343 g/mol. The molecule has 6 heteroatoms. The highest BCUT2D eigenvalue weighted by Crippen LogP contribution is 2.27. The van der Waals surface area contributed by atoms with Crippen LogP contribution < -0.4 is 9.47 Å². The first-order chi connectivity index (χ1) is 9.10. The Hall–Kier alpha value is -1.53. The van der Waals surface area contributed by atoms with Crippen molar-refractivity contribution in [2.24, 2.45) is 0 Å². The molecule has 0 bridgehead atoms. The third-order valence-corrected chi connectivity index (χ3v) is 3.99. The number of hydrogen-bond acceptors (Lipinski definition) is 4. The lowest BCUT2D eigenvalue weighted by atomic mass is 10.2. The molecule has 0 spiro atoms. The molecule has 0 saturated heterocycles. The number of hydrogen-bond donors (Lipinski definition) is 1. The Balaban J connectivity index is 2.19. The molecule has 0 fully saturated rings. The van der Waals surface area contributed by atoms with Gasteiger partial charge in [-0.05, 0) is 39.5 Å². The Labute approximate surface area is 122 Å². The van der Waals surface area contributed by atoms with Gasteiger partial charge in [0.15, 0.2) is 0 Å². The van der Waals surface area contributed by atoms with E-state index in [-0.39, 0.29) is 5.56 Å². The summed E-state index contributed by atoms with van der Waals surface area (Å²) in [7, 11) is 1.52. The summed E-state index contributed by atoms with van der Waals surface area (Å²) in [4.78, 5) is 11.1. The molecule has 0 saturated carbocycles. The van der Waals surface area contributed by atoms with E-state index in [0.29, 0.717) is 18.1 Å². The predicted molar refractivity (Wildman–Crippen MR) is 76.3 cm³/mol. The highest BCUT2D eigenvalue weighted by atomic mass is 79.9. The van der Waals surface area contributed by atoms with Gasteiger partial charge in [0.25, 0.3) is 0 Å². The van der Waals surface area contributed by atoms with E-state index in [1.54, 1.807) is 23.5 Å². The summed E-state index contributed by atoms with van der Waals surface area (Å²) >= 11 is 4.92. The third-order valence-electron chi connectivity index (χ3n) is 2.44. The maximum Gasteiger partial charge on any atom is 0.339 e. The molecule has 1 aromatic carbocycles. The average Bonchev–Trinajstić information content (AvgIpc) is 2.81. The van der Waals surface area contributed by atoms with Crippen LogP contribution in [0, 0.1) is 0 Å². The van der Waals surface area contributed by atoms with Crippen molar-refractivity contribution in [2.75, 3.05) is 7.11 Å². The van der Waals surface area contributed by atoms with Crippen LogP contribution in [0.15, 0.2) is 33.4 Å². The lowest BCUT2D eigenvalue weighted by Crippen LogP contribution is -2.03. The second kappa shape index (κ2) is 6.08. The molecule has 1 aromatic heterocycles. The zero-order valence-electron chi connectivity index (χ0n) is 10.1. The predicted octanol–water partition coefficient (Wildman–Crippen LogP) is 3.80. The summed E-state index contributed by atoms with van der Waals surface area (Å²) in [5, 5.41) is 11.1. The molecule has 19 heavy (non-hydrogen) atoms. The smallest absolute Gasteiger partial charge is 0.339 e. The van der Waals surface area contributed by atoms with Crippen molar-refractivity contribution in [1.82, 2.24) is 0 Å². The second-order valence-electron chi connectivity index (χ2n) is 3.71. The van der Waals surface area contributed by atoms with E-state index >= 15 is 0 Å². The number of carbonyl (C=O) groups is 1. The van der Waals surface area contributed by atoms with E-state index in [2.05, 4.69) is 15.9 Å². The number of ether oxygens (including phenoxy) is 2. The van der Waals surface area contributed by atoms with E-state index in [9.17, 15) is 4.79 Å². The van der Waals surface area contributed by atoms with Gasteiger partial charge in [-0.2, -0.15) is 0 Å². The van der Waals surface area contributed by atoms with Crippen LogP contribution in [-0.4, -0.2) is 18.2 Å². The first-order valence-electron chi connectivity index (χ1n) is 5.37. The number of aromatic carboxylic acids is 1. The van der Waals surface area contributed by atoms with E-state index in [4.69, 9.17) is 14.6 Å². The normalized spacial score (nSPS) is 10.2. The number of carboxylic acid groups (broad SMARTS) is 1. The molecule has 1 heterocycles. The van der Waals surface area contributed by atoms with Crippen molar-refractivity contribution >= 4 is 33.2 Å². The lowest BCUT2D eigenvalue weighted by Gasteiger charge is -2.10. The monoisotopic (exact) mass is 342 g/mol. The first kappa shape index (κ1) is 13.9. The number of carboxylic acids is 1. The van der Waals surface area contributed by atoms with Crippen LogP contribution in [0.2, 0.25) is 0 Å². The molecule has 0 unspecified atom stereocenters.